The maximum absolute atomic E-state index is 12.1. The van der Waals surface area contributed by atoms with Crippen molar-refractivity contribution in [3.63, 3.8) is 0 Å². The molecular weight excluding hydrogens is 266 g/mol. The quantitative estimate of drug-likeness (QED) is 0.847. The highest BCUT2D eigenvalue weighted by molar-refractivity contribution is 5.77. The molecule has 3 unspecified atom stereocenters. The van der Waals surface area contributed by atoms with Crippen molar-refractivity contribution in [3.8, 4) is 0 Å². The molecule has 4 heteroatoms. The number of nitrogens with one attached hydrogen (secondary N) is 1. The van der Waals surface area contributed by atoms with Crippen LogP contribution in [0.3, 0.4) is 0 Å². The predicted octanol–water partition coefficient (Wildman–Crippen LogP) is 2.84. The molecule has 0 spiro atoms. The van der Waals surface area contributed by atoms with Crippen molar-refractivity contribution in [2.45, 2.75) is 50.8 Å². The summed E-state index contributed by atoms with van der Waals surface area (Å²) in [6.07, 6.45) is 2.79. The van der Waals surface area contributed by atoms with Crippen LogP contribution in [0, 0.1) is 0 Å². The average Bonchev–Trinajstić information content (AvgIpc) is 2.53. The number of methoxy groups -OCH3 is 1. The summed E-state index contributed by atoms with van der Waals surface area (Å²) in [5.41, 5.74) is 0.835. The lowest BCUT2D eigenvalue weighted by molar-refractivity contribution is -0.144. The van der Waals surface area contributed by atoms with Crippen molar-refractivity contribution >= 4 is 5.97 Å². The summed E-state index contributed by atoms with van der Waals surface area (Å²) in [6, 6.07) is 9.56. The lowest BCUT2D eigenvalue weighted by Crippen LogP contribution is -2.47. The number of benzene rings is 1. The molecule has 1 N–H and O–H groups in total. The monoisotopic (exact) mass is 291 g/mol. The Morgan fingerprint density at radius 1 is 1.48 bits per heavy atom. The Bertz CT molecular complexity index is 462. The number of rotatable bonds is 5. The largest absolute Gasteiger partial charge is 0.468 e. The van der Waals surface area contributed by atoms with Crippen LogP contribution in [0.15, 0.2) is 30.3 Å². The minimum absolute atomic E-state index is 0.104. The molecule has 1 fully saturated rings. The summed E-state index contributed by atoms with van der Waals surface area (Å²) >= 11 is 0. The van der Waals surface area contributed by atoms with Crippen LogP contribution in [0.5, 0.6) is 0 Å². The highest BCUT2D eigenvalue weighted by Crippen LogP contribution is 2.29. The van der Waals surface area contributed by atoms with Gasteiger partial charge in [0, 0.05) is 12.6 Å². The van der Waals surface area contributed by atoms with Gasteiger partial charge in [0.15, 0.2) is 0 Å². The highest BCUT2D eigenvalue weighted by Gasteiger charge is 2.34. The topological polar surface area (TPSA) is 47.6 Å². The molecule has 0 saturated carbocycles. The van der Waals surface area contributed by atoms with Crippen molar-refractivity contribution in [1.29, 1.82) is 0 Å². The molecule has 1 aromatic carbocycles. The van der Waals surface area contributed by atoms with Gasteiger partial charge in [0.2, 0.25) is 0 Å². The van der Waals surface area contributed by atoms with Crippen molar-refractivity contribution in [2.24, 2.45) is 0 Å². The van der Waals surface area contributed by atoms with Gasteiger partial charge >= 0.3 is 5.97 Å². The molecule has 1 aliphatic heterocycles. The van der Waals surface area contributed by atoms with E-state index in [0.29, 0.717) is 0 Å². The zero-order chi connectivity index (χ0) is 15.3. The van der Waals surface area contributed by atoms with Gasteiger partial charge in [0.05, 0.1) is 12.7 Å². The van der Waals surface area contributed by atoms with Crippen LogP contribution in [0.4, 0.5) is 0 Å². The van der Waals surface area contributed by atoms with Crippen LogP contribution in [0.2, 0.25) is 0 Å². The molecule has 1 aliphatic rings. The standard InChI is InChI=1S/C17H25NO3/c1-4-17(2)12-14(10-11-21-17)18-15(16(19)20-3)13-8-6-5-7-9-13/h5-9,14-15,18H,4,10-12H2,1-3H3. The van der Waals surface area contributed by atoms with Crippen LogP contribution in [0.1, 0.15) is 44.7 Å². The smallest absolute Gasteiger partial charge is 0.327 e. The molecule has 21 heavy (non-hydrogen) atoms. The first kappa shape index (κ1) is 16.0. The van der Waals surface area contributed by atoms with E-state index in [1.165, 1.54) is 7.11 Å². The maximum Gasteiger partial charge on any atom is 0.327 e. The summed E-state index contributed by atoms with van der Waals surface area (Å²) in [5.74, 6) is -0.245. The summed E-state index contributed by atoms with van der Waals surface area (Å²) in [6.45, 7) is 5.00. The van der Waals surface area contributed by atoms with Gasteiger partial charge in [-0.3, -0.25) is 5.32 Å². The van der Waals surface area contributed by atoms with E-state index < -0.39 is 6.04 Å². The van der Waals surface area contributed by atoms with E-state index in [1.54, 1.807) is 0 Å². The summed E-state index contributed by atoms with van der Waals surface area (Å²) in [5, 5.41) is 3.46. The molecule has 3 atom stereocenters. The van der Waals surface area contributed by atoms with Gasteiger partial charge in [-0.15, -0.1) is 0 Å². The first-order valence-electron chi connectivity index (χ1n) is 7.61. The number of hydrogen-bond donors (Lipinski definition) is 1. The second-order valence-corrected chi connectivity index (χ2v) is 5.88. The van der Waals surface area contributed by atoms with Gasteiger partial charge in [-0.25, -0.2) is 4.79 Å². The molecule has 4 nitrogen and oxygen atoms in total. The number of hydrogen-bond acceptors (Lipinski definition) is 4. The minimum atomic E-state index is -0.416. The molecule has 0 radical (unpaired) electrons. The molecule has 1 aromatic rings. The third-order valence-corrected chi connectivity index (χ3v) is 4.32. The predicted molar refractivity (Wildman–Crippen MR) is 82.0 cm³/mol. The highest BCUT2D eigenvalue weighted by atomic mass is 16.5. The molecule has 1 heterocycles. The third kappa shape index (κ3) is 4.05. The van der Waals surface area contributed by atoms with Crippen LogP contribution in [0.25, 0.3) is 0 Å². The van der Waals surface area contributed by atoms with E-state index in [4.69, 9.17) is 9.47 Å². The normalized spacial score (nSPS) is 27.1. The third-order valence-electron chi connectivity index (χ3n) is 4.32. The van der Waals surface area contributed by atoms with E-state index in [0.717, 1.165) is 31.4 Å². The van der Waals surface area contributed by atoms with Crippen LogP contribution in [-0.4, -0.2) is 31.3 Å². The minimum Gasteiger partial charge on any atom is -0.468 e. The lowest BCUT2D eigenvalue weighted by Gasteiger charge is -2.39. The molecule has 0 aromatic heterocycles. The van der Waals surface area contributed by atoms with Gasteiger partial charge < -0.3 is 9.47 Å². The Balaban J connectivity index is 2.11. The number of carbonyl (C=O) groups is 1. The fraction of sp³-hybridized carbons (Fsp3) is 0.588. The van der Waals surface area contributed by atoms with Crippen LogP contribution in [-0.2, 0) is 14.3 Å². The Morgan fingerprint density at radius 2 is 2.19 bits per heavy atom. The van der Waals surface area contributed by atoms with E-state index in [1.807, 2.05) is 30.3 Å². The van der Waals surface area contributed by atoms with Gasteiger partial charge in [0.1, 0.15) is 6.04 Å². The maximum atomic E-state index is 12.1. The van der Waals surface area contributed by atoms with Gasteiger partial charge in [-0.2, -0.15) is 0 Å². The van der Waals surface area contributed by atoms with E-state index >= 15 is 0 Å². The van der Waals surface area contributed by atoms with Crippen LogP contribution >= 0.6 is 0 Å². The van der Waals surface area contributed by atoms with Gasteiger partial charge in [-0.1, -0.05) is 37.3 Å². The fourth-order valence-corrected chi connectivity index (χ4v) is 2.82. The second-order valence-electron chi connectivity index (χ2n) is 5.88. The molecule has 2 rings (SSSR count). The van der Waals surface area contributed by atoms with E-state index in [9.17, 15) is 4.79 Å². The molecule has 1 saturated heterocycles. The molecule has 0 bridgehead atoms. The van der Waals surface area contributed by atoms with Crippen molar-refractivity contribution in [1.82, 2.24) is 5.32 Å². The van der Waals surface area contributed by atoms with Crippen molar-refractivity contribution in [3.05, 3.63) is 35.9 Å². The summed E-state index contributed by atoms with van der Waals surface area (Å²) in [4.78, 5) is 12.1. The second kappa shape index (κ2) is 7.05. The number of ether oxygens (including phenoxy) is 2. The molecular formula is C17H25NO3. The molecule has 0 aliphatic carbocycles. The summed E-state index contributed by atoms with van der Waals surface area (Å²) in [7, 11) is 1.43. The van der Waals surface area contributed by atoms with Crippen molar-refractivity contribution < 1.29 is 14.3 Å². The Morgan fingerprint density at radius 3 is 2.81 bits per heavy atom. The zero-order valence-electron chi connectivity index (χ0n) is 13.1. The lowest BCUT2D eigenvalue weighted by atomic mass is 9.89. The zero-order valence-corrected chi connectivity index (χ0v) is 13.1. The van der Waals surface area contributed by atoms with Gasteiger partial charge in [0.25, 0.3) is 0 Å². The molecule has 0 amide bonds. The number of carbonyl (C=O) groups excluding carboxylic acids is 1. The fourth-order valence-electron chi connectivity index (χ4n) is 2.82. The van der Waals surface area contributed by atoms with E-state index in [-0.39, 0.29) is 17.6 Å². The Kier molecular flexibility index (Phi) is 5.37. The first-order chi connectivity index (χ1) is 10.1. The first-order valence-corrected chi connectivity index (χ1v) is 7.61. The SMILES string of the molecule is CCC1(C)CC(NC(C(=O)OC)c2ccccc2)CCO1. The van der Waals surface area contributed by atoms with Crippen molar-refractivity contribution in [2.75, 3.05) is 13.7 Å². The average molecular weight is 291 g/mol. The van der Waals surface area contributed by atoms with Gasteiger partial charge in [-0.05, 0) is 31.7 Å². The Hall–Kier alpha value is -1.39. The van der Waals surface area contributed by atoms with Crippen LogP contribution < -0.4 is 5.32 Å². The Labute approximate surface area is 126 Å². The number of esters is 1. The molecule has 116 valence electrons. The van der Waals surface area contributed by atoms with E-state index in [2.05, 4.69) is 19.2 Å². The summed E-state index contributed by atoms with van der Waals surface area (Å²) < 4.78 is 10.8.